The number of esters is 1. The zero-order chi connectivity index (χ0) is 23.5. The molecular formula is C23H28F2N2O5. The van der Waals surface area contributed by atoms with E-state index in [0.29, 0.717) is 41.7 Å². The normalized spacial score (nSPS) is 14.5. The van der Waals surface area contributed by atoms with Gasteiger partial charge in [-0.2, -0.15) is 0 Å². The lowest BCUT2D eigenvalue weighted by Crippen LogP contribution is -2.39. The van der Waals surface area contributed by atoms with Crippen LogP contribution in [0.15, 0.2) is 24.3 Å². The van der Waals surface area contributed by atoms with E-state index in [0.717, 1.165) is 5.57 Å². The van der Waals surface area contributed by atoms with Crippen molar-refractivity contribution < 1.29 is 32.6 Å². The molecule has 1 aliphatic rings. The van der Waals surface area contributed by atoms with Crippen molar-refractivity contribution in [3.63, 3.8) is 0 Å². The SMILES string of the molecule is CCOC(=O)c1cc2cc(OCC(F)F)c(C3=CCN(C(=O)OC(C)(C)C)CC3)cc2[nH]1. The molecule has 32 heavy (non-hydrogen) atoms. The fourth-order valence-electron chi connectivity index (χ4n) is 3.41. The number of nitrogens with zero attached hydrogens (tertiary/aromatic N) is 1. The Labute approximate surface area is 185 Å². The third-order valence-corrected chi connectivity index (χ3v) is 4.79. The van der Waals surface area contributed by atoms with E-state index in [1.165, 1.54) is 0 Å². The van der Waals surface area contributed by atoms with Crippen molar-refractivity contribution in [1.29, 1.82) is 0 Å². The number of hydrogen-bond acceptors (Lipinski definition) is 5. The minimum atomic E-state index is -2.62. The van der Waals surface area contributed by atoms with Crippen LogP contribution in [-0.4, -0.2) is 60.3 Å². The Bertz CT molecular complexity index is 1020. The zero-order valence-electron chi connectivity index (χ0n) is 18.7. The van der Waals surface area contributed by atoms with Gasteiger partial charge in [-0.05, 0) is 57.9 Å². The standard InChI is InChI=1S/C23H28F2N2O5/c1-5-30-21(28)18-10-15-11-19(31-13-20(24)25)16(12-17(15)26-18)14-6-8-27(9-7-14)22(29)32-23(2,3)4/h6,10-12,20,26H,5,7-9,13H2,1-4H3. The third-order valence-electron chi connectivity index (χ3n) is 4.79. The summed E-state index contributed by atoms with van der Waals surface area (Å²) < 4.78 is 41.4. The molecule has 2 aromatic rings. The summed E-state index contributed by atoms with van der Waals surface area (Å²) in [5.74, 6) is -0.200. The molecule has 0 aliphatic carbocycles. The van der Waals surface area contributed by atoms with Gasteiger partial charge in [-0.25, -0.2) is 18.4 Å². The number of amides is 1. The van der Waals surface area contributed by atoms with Gasteiger partial charge in [0.25, 0.3) is 6.43 Å². The van der Waals surface area contributed by atoms with Crippen LogP contribution in [0.3, 0.4) is 0 Å². The Morgan fingerprint density at radius 2 is 1.97 bits per heavy atom. The summed E-state index contributed by atoms with van der Waals surface area (Å²) in [6.07, 6.45) is -0.663. The maximum Gasteiger partial charge on any atom is 0.410 e. The number of ether oxygens (including phenoxy) is 3. The van der Waals surface area contributed by atoms with Crippen LogP contribution in [0.4, 0.5) is 13.6 Å². The largest absolute Gasteiger partial charge is 0.487 e. The second-order valence-corrected chi connectivity index (χ2v) is 8.45. The Morgan fingerprint density at radius 1 is 1.22 bits per heavy atom. The summed E-state index contributed by atoms with van der Waals surface area (Å²) in [5.41, 5.74) is 1.84. The molecule has 1 aliphatic heterocycles. The van der Waals surface area contributed by atoms with Crippen LogP contribution >= 0.6 is 0 Å². The van der Waals surface area contributed by atoms with Crippen LogP contribution in [0.2, 0.25) is 0 Å². The molecule has 9 heteroatoms. The average Bonchev–Trinajstić information content (AvgIpc) is 3.13. The predicted molar refractivity (Wildman–Crippen MR) is 116 cm³/mol. The topological polar surface area (TPSA) is 80.9 Å². The molecule has 0 bridgehead atoms. The van der Waals surface area contributed by atoms with Crippen molar-refractivity contribution >= 4 is 28.5 Å². The van der Waals surface area contributed by atoms with Gasteiger partial charge >= 0.3 is 12.1 Å². The molecule has 1 amide bonds. The molecule has 0 radical (unpaired) electrons. The van der Waals surface area contributed by atoms with E-state index < -0.39 is 30.7 Å². The van der Waals surface area contributed by atoms with E-state index >= 15 is 0 Å². The number of rotatable bonds is 6. The summed E-state index contributed by atoms with van der Waals surface area (Å²) in [4.78, 5) is 29.0. The van der Waals surface area contributed by atoms with Gasteiger partial charge in [-0.3, -0.25) is 0 Å². The number of aromatic amines is 1. The number of fused-ring (bicyclic) bond motifs is 1. The number of carbonyl (C=O) groups is 2. The van der Waals surface area contributed by atoms with Crippen LogP contribution in [-0.2, 0) is 9.47 Å². The maximum absolute atomic E-state index is 12.8. The molecule has 174 valence electrons. The quantitative estimate of drug-likeness (QED) is 0.626. The highest BCUT2D eigenvalue weighted by atomic mass is 19.3. The Kier molecular flexibility index (Phi) is 7.06. The highest BCUT2D eigenvalue weighted by molar-refractivity contribution is 5.96. The highest BCUT2D eigenvalue weighted by Gasteiger charge is 2.25. The molecular weight excluding hydrogens is 422 g/mol. The number of aromatic nitrogens is 1. The predicted octanol–water partition coefficient (Wildman–Crippen LogP) is 5.01. The molecule has 0 atom stereocenters. The minimum Gasteiger partial charge on any atom is -0.487 e. The van der Waals surface area contributed by atoms with Crippen molar-refractivity contribution in [1.82, 2.24) is 9.88 Å². The van der Waals surface area contributed by atoms with E-state index in [-0.39, 0.29) is 12.3 Å². The molecule has 2 heterocycles. The van der Waals surface area contributed by atoms with E-state index in [1.807, 2.05) is 6.08 Å². The fourth-order valence-corrected chi connectivity index (χ4v) is 3.41. The number of hydrogen-bond donors (Lipinski definition) is 1. The van der Waals surface area contributed by atoms with Gasteiger partial charge in [0, 0.05) is 29.6 Å². The number of carbonyl (C=O) groups excluding carboxylic acids is 2. The molecule has 7 nitrogen and oxygen atoms in total. The van der Waals surface area contributed by atoms with E-state index in [1.54, 1.807) is 50.8 Å². The molecule has 1 N–H and O–H groups in total. The van der Waals surface area contributed by atoms with Crippen molar-refractivity contribution in [2.24, 2.45) is 0 Å². The Morgan fingerprint density at radius 3 is 2.56 bits per heavy atom. The van der Waals surface area contributed by atoms with E-state index in [4.69, 9.17) is 14.2 Å². The zero-order valence-corrected chi connectivity index (χ0v) is 18.7. The highest BCUT2D eigenvalue weighted by Crippen LogP contribution is 2.35. The van der Waals surface area contributed by atoms with Gasteiger partial charge in [0.2, 0.25) is 0 Å². The lowest BCUT2D eigenvalue weighted by Gasteiger charge is -2.30. The lowest BCUT2D eigenvalue weighted by molar-refractivity contribution is 0.0270. The van der Waals surface area contributed by atoms with Crippen LogP contribution < -0.4 is 4.74 Å². The van der Waals surface area contributed by atoms with E-state index in [9.17, 15) is 18.4 Å². The second-order valence-electron chi connectivity index (χ2n) is 8.45. The monoisotopic (exact) mass is 450 g/mol. The molecule has 0 fully saturated rings. The van der Waals surface area contributed by atoms with Crippen molar-refractivity contribution in [3.05, 3.63) is 35.5 Å². The number of benzene rings is 1. The summed E-state index contributed by atoms with van der Waals surface area (Å²) in [6.45, 7) is 7.37. The maximum atomic E-state index is 12.8. The first-order valence-corrected chi connectivity index (χ1v) is 10.5. The van der Waals surface area contributed by atoms with Gasteiger partial charge in [0.15, 0.2) is 0 Å². The average molecular weight is 450 g/mol. The lowest BCUT2D eigenvalue weighted by atomic mass is 9.97. The number of halogens is 2. The molecule has 0 saturated carbocycles. The van der Waals surface area contributed by atoms with Gasteiger partial charge in [-0.1, -0.05) is 6.08 Å². The molecule has 0 saturated heterocycles. The molecule has 0 spiro atoms. The second kappa shape index (κ2) is 9.58. The molecule has 3 rings (SSSR count). The third kappa shape index (κ3) is 5.77. The Hall–Kier alpha value is -3.10. The van der Waals surface area contributed by atoms with Crippen molar-refractivity contribution in [2.45, 2.75) is 46.1 Å². The number of nitrogens with one attached hydrogen (secondary N) is 1. The van der Waals surface area contributed by atoms with Crippen molar-refractivity contribution in [2.75, 3.05) is 26.3 Å². The van der Waals surface area contributed by atoms with Crippen molar-refractivity contribution in [3.8, 4) is 5.75 Å². The summed E-state index contributed by atoms with van der Waals surface area (Å²) in [5, 5.41) is 0.646. The first-order chi connectivity index (χ1) is 15.1. The van der Waals surface area contributed by atoms with Gasteiger partial charge < -0.3 is 24.1 Å². The van der Waals surface area contributed by atoms with Gasteiger partial charge in [-0.15, -0.1) is 0 Å². The summed E-state index contributed by atoms with van der Waals surface area (Å²) in [6, 6.07) is 5.01. The number of alkyl halides is 2. The van der Waals surface area contributed by atoms with Gasteiger partial charge in [0.1, 0.15) is 23.7 Å². The first kappa shape index (κ1) is 23.6. The van der Waals surface area contributed by atoms with Crippen LogP contribution in [0.1, 0.15) is 50.2 Å². The van der Waals surface area contributed by atoms with Crippen LogP contribution in [0, 0.1) is 0 Å². The minimum absolute atomic E-state index is 0.239. The number of H-pyrrole nitrogens is 1. The first-order valence-electron chi connectivity index (χ1n) is 10.5. The molecule has 0 unspecified atom stereocenters. The Balaban J connectivity index is 1.90. The van der Waals surface area contributed by atoms with Crippen LogP contribution in [0.5, 0.6) is 5.75 Å². The van der Waals surface area contributed by atoms with Gasteiger partial charge in [0.05, 0.1) is 6.61 Å². The van der Waals surface area contributed by atoms with E-state index in [2.05, 4.69) is 4.98 Å². The summed E-state index contributed by atoms with van der Waals surface area (Å²) >= 11 is 0. The fraction of sp³-hybridized carbons (Fsp3) is 0.478. The molecule has 1 aromatic heterocycles. The molecule has 1 aromatic carbocycles. The van der Waals surface area contributed by atoms with Crippen LogP contribution in [0.25, 0.3) is 16.5 Å². The smallest absolute Gasteiger partial charge is 0.410 e. The summed E-state index contributed by atoms with van der Waals surface area (Å²) in [7, 11) is 0.